The Morgan fingerprint density at radius 2 is 1.56 bits per heavy atom. The van der Waals surface area contributed by atoms with Gasteiger partial charge in [-0.15, -0.1) is 0 Å². The number of hydroxylamine groups is 2. The van der Waals surface area contributed by atoms with Crippen LogP contribution in [-0.4, -0.2) is 37.3 Å². The first-order valence-corrected chi connectivity index (χ1v) is 9.54. The van der Waals surface area contributed by atoms with E-state index in [-0.39, 0.29) is 16.0 Å². The molecular formula is C17H13ClN2O6S. The first-order valence-electron chi connectivity index (χ1n) is 7.68. The number of rotatable bonds is 5. The number of fused-ring (bicyclic) bond motifs is 1. The first-order chi connectivity index (χ1) is 12.7. The van der Waals surface area contributed by atoms with Crippen LogP contribution in [0.2, 0.25) is 5.02 Å². The molecule has 0 spiro atoms. The Kier molecular flexibility index (Phi) is 5.01. The summed E-state index contributed by atoms with van der Waals surface area (Å²) < 4.78 is 26.7. The number of imide groups is 1. The minimum atomic E-state index is -4.03. The summed E-state index contributed by atoms with van der Waals surface area (Å²) in [5, 5.41) is 0.673. The van der Waals surface area contributed by atoms with Gasteiger partial charge in [-0.2, -0.15) is 4.72 Å². The smallest absolute Gasteiger partial charge is 0.328 e. The minimum absolute atomic E-state index is 0.102. The summed E-state index contributed by atoms with van der Waals surface area (Å²) in [5.41, 5.74) is 0.203. The molecule has 8 nitrogen and oxygen atoms in total. The second kappa shape index (κ2) is 7.10. The highest BCUT2D eigenvalue weighted by molar-refractivity contribution is 7.89. The summed E-state index contributed by atoms with van der Waals surface area (Å²) in [6, 6.07) is 9.95. The summed E-state index contributed by atoms with van der Waals surface area (Å²) in [6.07, 6.45) is 0. The van der Waals surface area contributed by atoms with Crippen LogP contribution >= 0.6 is 11.6 Å². The van der Waals surface area contributed by atoms with Crippen molar-refractivity contribution in [2.45, 2.75) is 17.9 Å². The number of amides is 2. The second-order valence-corrected chi connectivity index (χ2v) is 7.81. The fourth-order valence-corrected chi connectivity index (χ4v) is 3.70. The molecule has 2 aromatic rings. The number of benzene rings is 2. The highest BCUT2D eigenvalue weighted by Crippen LogP contribution is 2.23. The van der Waals surface area contributed by atoms with Gasteiger partial charge in [0.25, 0.3) is 11.8 Å². The van der Waals surface area contributed by atoms with E-state index in [4.69, 9.17) is 16.4 Å². The van der Waals surface area contributed by atoms with Crippen molar-refractivity contribution in [3.05, 3.63) is 64.7 Å². The summed E-state index contributed by atoms with van der Waals surface area (Å²) in [6.45, 7) is 1.23. The molecule has 0 saturated carbocycles. The summed E-state index contributed by atoms with van der Waals surface area (Å²) in [7, 11) is -4.03. The fourth-order valence-electron chi connectivity index (χ4n) is 2.38. The van der Waals surface area contributed by atoms with Gasteiger partial charge in [0.05, 0.1) is 16.0 Å². The zero-order valence-electron chi connectivity index (χ0n) is 13.9. The molecule has 0 aliphatic carbocycles. The standard InChI is InChI=1S/C17H13ClN2O6S/c1-10(19-27(24,25)12-8-6-11(18)7-9-12)17(23)26-20-15(21)13-4-2-3-5-14(13)16(20)22/h2-10,19H,1H3. The zero-order valence-corrected chi connectivity index (χ0v) is 15.5. The number of sulfonamides is 1. The largest absolute Gasteiger partial charge is 0.350 e. The van der Waals surface area contributed by atoms with E-state index in [0.717, 1.165) is 0 Å². The highest BCUT2D eigenvalue weighted by atomic mass is 35.5. The van der Waals surface area contributed by atoms with Crippen molar-refractivity contribution in [1.82, 2.24) is 9.79 Å². The first kappa shape index (κ1) is 19.0. The molecule has 0 saturated heterocycles. The minimum Gasteiger partial charge on any atom is -0.328 e. The van der Waals surface area contributed by atoms with Gasteiger partial charge in [-0.05, 0) is 43.3 Å². The van der Waals surface area contributed by atoms with Crippen molar-refractivity contribution in [3.63, 3.8) is 0 Å². The van der Waals surface area contributed by atoms with Gasteiger partial charge in [-0.3, -0.25) is 9.59 Å². The van der Waals surface area contributed by atoms with Crippen LogP contribution in [0.1, 0.15) is 27.6 Å². The van der Waals surface area contributed by atoms with Gasteiger partial charge in [0.2, 0.25) is 10.0 Å². The topological polar surface area (TPSA) is 110 Å². The molecule has 140 valence electrons. The van der Waals surface area contributed by atoms with E-state index in [1.165, 1.54) is 43.3 Å². The Balaban J connectivity index is 1.71. The van der Waals surface area contributed by atoms with Gasteiger partial charge in [-0.25, -0.2) is 13.2 Å². The van der Waals surface area contributed by atoms with Crippen molar-refractivity contribution in [2.75, 3.05) is 0 Å². The number of halogens is 1. The molecule has 2 amide bonds. The third kappa shape index (κ3) is 3.70. The van der Waals surface area contributed by atoms with Gasteiger partial charge in [0, 0.05) is 5.02 Å². The Hall–Kier alpha value is -2.75. The lowest BCUT2D eigenvalue weighted by atomic mass is 10.1. The second-order valence-electron chi connectivity index (χ2n) is 5.66. The quantitative estimate of drug-likeness (QED) is 0.755. The molecule has 27 heavy (non-hydrogen) atoms. The van der Waals surface area contributed by atoms with E-state index >= 15 is 0 Å². The zero-order chi connectivity index (χ0) is 19.8. The summed E-state index contributed by atoms with van der Waals surface area (Å²) in [4.78, 5) is 41.3. The molecular weight excluding hydrogens is 396 g/mol. The number of hydrogen-bond donors (Lipinski definition) is 1. The van der Waals surface area contributed by atoms with Crippen LogP contribution in [-0.2, 0) is 19.7 Å². The maximum atomic E-state index is 12.3. The lowest BCUT2D eigenvalue weighted by Gasteiger charge is -2.17. The van der Waals surface area contributed by atoms with Crippen molar-refractivity contribution in [2.24, 2.45) is 0 Å². The van der Waals surface area contributed by atoms with Crippen LogP contribution in [0, 0.1) is 0 Å². The van der Waals surface area contributed by atoms with E-state index in [9.17, 15) is 22.8 Å². The van der Waals surface area contributed by atoms with Crippen LogP contribution < -0.4 is 4.72 Å². The van der Waals surface area contributed by atoms with Gasteiger partial charge in [-0.1, -0.05) is 28.8 Å². The summed E-state index contributed by atoms with van der Waals surface area (Å²) >= 11 is 5.72. The van der Waals surface area contributed by atoms with Gasteiger partial charge < -0.3 is 4.84 Å². The molecule has 3 rings (SSSR count). The van der Waals surface area contributed by atoms with Crippen LogP contribution in [0.3, 0.4) is 0 Å². The van der Waals surface area contributed by atoms with Crippen LogP contribution in [0.25, 0.3) is 0 Å². The number of hydrogen-bond acceptors (Lipinski definition) is 6. The molecule has 1 atom stereocenters. The number of carbonyl (C=O) groups excluding carboxylic acids is 3. The lowest BCUT2D eigenvalue weighted by molar-refractivity contribution is -0.170. The maximum absolute atomic E-state index is 12.3. The SMILES string of the molecule is CC(NS(=O)(=O)c1ccc(Cl)cc1)C(=O)ON1C(=O)c2ccccc2C1=O. The van der Waals surface area contributed by atoms with E-state index in [1.54, 1.807) is 12.1 Å². The van der Waals surface area contributed by atoms with E-state index in [1.807, 2.05) is 0 Å². The molecule has 0 aromatic heterocycles. The van der Waals surface area contributed by atoms with Gasteiger partial charge >= 0.3 is 5.97 Å². The van der Waals surface area contributed by atoms with Crippen LogP contribution in [0.5, 0.6) is 0 Å². The molecule has 1 aliphatic heterocycles. The maximum Gasteiger partial charge on any atom is 0.350 e. The molecule has 0 fully saturated rings. The van der Waals surface area contributed by atoms with E-state index in [0.29, 0.717) is 10.1 Å². The molecule has 1 N–H and O–H groups in total. The Bertz CT molecular complexity index is 1000. The molecule has 1 unspecified atom stereocenters. The average Bonchev–Trinajstić information content (AvgIpc) is 2.87. The Morgan fingerprint density at radius 3 is 2.07 bits per heavy atom. The Morgan fingerprint density at radius 1 is 1.04 bits per heavy atom. The third-order valence-electron chi connectivity index (χ3n) is 3.75. The number of nitrogens with one attached hydrogen (secondary N) is 1. The van der Waals surface area contributed by atoms with Crippen LogP contribution in [0.4, 0.5) is 0 Å². The predicted octanol–water partition coefficient (Wildman–Crippen LogP) is 1.76. The van der Waals surface area contributed by atoms with Crippen molar-refractivity contribution < 1.29 is 27.6 Å². The van der Waals surface area contributed by atoms with E-state index < -0.39 is 33.8 Å². The van der Waals surface area contributed by atoms with Crippen molar-refractivity contribution in [1.29, 1.82) is 0 Å². The van der Waals surface area contributed by atoms with Crippen molar-refractivity contribution >= 4 is 39.4 Å². The molecule has 2 aromatic carbocycles. The molecule has 10 heteroatoms. The number of carbonyl (C=O) groups is 3. The monoisotopic (exact) mass is 408 g/mol. The molecule has 1 heterocycles. The van der Waals surface area contributed by atoms with Gasteiger partial charge in [0.1, 0.15) is 6.04 Å². The molecule has 0 bridgehead atoms. The molecule has 0 radical (unpaired) electrons. The van der Waals surface area contributed by atoms with E-state index in [2.05, 4.69) is 4.72 Å². The number of nitrogens with zero attached hydrogens (tertiary/aromatic N) is 1. The van der Waals surface area contributed by atoms with Crippen molar-refractivity contribution in [3.8, 4) is 0 Å². The Labute approximate surface area is 159 Å². The van der Waals surface area contributed by atoms with Crippen LogP contribution in [0.15, 0.2) is 53.4 Å². The lowest BCUT2D eigenvalue weighted by Crippen LogP contribution is -2.43. The normalized spacial score (nSPS) is 14.8. The third-order valence-corrected chi connectivity index (χ3v) is 5.56. The molecule has 1 aliphatic rings. The summed E-state index contributed by atoms with van der Waals surface area (Å²) in [5.74, 6) is -2.70. The van der Waals surface area contributed by atoms with Gasteiger partial charge in [0.15, 0.2) is 0 Å². The average molecular weight is 409 g/mol. The predicted molar refractivity (Wildman–Crippen MR) is 94.3 cm³/mol. The fraction of sp³-hybridized carbons (Fsp3) is 0.118. The highest BCUT2D eigenvalue weighted by Gasteiger charge is 2.39.